The number of nitrogen functional groups attached to an aromatic ring is 1. The van der Waals surface area contributed by atoms with Gasteiger partial charge in [-0.2, -0.15) is 15.0 Å². The molecule has 0 radical (unpaired) electrons. The smallest absolute Gasteiger partial charge is 0.231 e. The highest BCUT2D eigenvalue weighted by molar-refractivity contribution is 5.43. The zero-order chi connectivity index (χ0) is 13.9. The molecule has 106 valence electrons. The molecule has 2 rings (SSSR count). The first-order chi connectivity index (χ1) is 9.06. The summed E-state index contributed by atoms with van der Waals surface area (Å²) in [5.74, 6) is 1.24. The number of nitrogens with zero attached hydrogens (tertiary/aromatic N) is 4. The van der Waals surface area contributed by atoms with Gasteiger partial charge in [-0.05, 0) is 26.2 Å². The number of nitrogens with one attached hydrogen (secondary N) is 1. The van der Waals surface area contributed by atoms with Crippen molar-refractivity contribution in [3.8, 4) is 0 Å². The molecule has 0 aromatic carbocycles. The monoisotopic (exact) mass is 266 g/mol. The zero-order valence-electron chi connectivity index (χ0n) is 11.6. The molecule has 2 heterocycles. The standard InChI is InChI=1S/C12H22N6O/c1-3-12(2,8-19)17-10-14-9(13)15-11(16-10)18-6-4-5-7-18/h19H,3-8H2,1-2H3,(H3,13,14,15,16,17). The van der Waals surface area contributed by atoms with Gasteiger partial charge in [0.15, 0.2) is 0 Å². The van der Waals surface area contributed by atoms with Gasteiger partial charge in [-0.25, -0.2) is 0 Å². The molecular weight excluding hydrogens is 244 g/mol. The molecule has 0 aliphatic carbocycles. The van der Waals surface area contributed by atoms with Crippen LogP contribution in [-0.4, -0.2) is 45.3 Å². The van der Waals surface area contributed by atoms with Crippen molar-refractivity contribution in [3.63, 3.8) is 0 Å². The van der Waals surface area contributed by atoms with E-state index in [1.165, 1.54) is 0 Å². The average Bonchev–Trinajstić information content (AvgIpc) is 2.92. The highest BCUT2D eigenvalue weighted by Gasteiger charge is 2.23. The van der Waals surface area contributed by atoms with Crippen LogP contribution in [0.5, 0.6) is 0 Å². The number of nitrogens with two attached hydrogens (primary N) is 1. The van der Waals surface area contributed by atoms with Crippen LogP contribution < -0.4 is 16.0 Å². The van der Waals surface area contributed by atoms with E-state index in [1.54, 1.807) is 0 Å². The van der Waals surface area contributed by atoms with Crippen molar-refractivity contribution in [1.29, 1.82) is 0 Å². The summed E-state index contributed by atoms with van der Waals surface area (Å²) in [5.41, 5.74) is 5.29. The number of aromatic nitrogens is 3. The Kier molecular flexibility index (Phi) is 4.04. The van der Waals surface area contributed by atoms with Crippen LogP contribution in [0, 0.1) is 0 Å². The number of aliphatic hydroxyl groups excluding tert-OH is 1. The zero-order valence-corrected chi connectivity index (χ0v) is 11.6. The summed E-state index contributed by atoms with van der Waals surface area (Å²) in [6.07, 6.45) is 3.06. The van der Waals surface area contributed by atoms with E-state index in [0.717, 1.165) is 32.4 Å². The van der Waals surface area contributed by atoms with Gasteiger partial charge in [-0.1, -0.05) is 6.92 Å². The van der Waals surface area contributed by atoms with Gasteiger partial charge in [0.2, 0.25) is 17.8 Å². The molecule has 7 nitrogen and oxygen atoms in total. The number of anilines is 3. The molecule has 19 heavy (non-hydrogen) atoms. The fourth-order valence-electron chi connectivity index (χ4n) is 2.00. The predicted octanol–water partition coefficient (Wildman–Crippen LogP) is 0.627. The van der Waals surface area contributed by atoms with E-state index in [0.29, 0.717) is 11.9 Å². The van der Waals surface area contributed by atoms with Crippen LogP contribution in [0.15, 0.2) is 0 Å². The Hall–Kier alpha value is -1.63. The number of aliphatic hydroxyl groups is 1. The maximum absolute atomic E-state index is 9.42. The maximum atomic E-state index is 9.42. The van der Waals surface area contributed by atoms with Crippen molar-refractivity contribution >= 4 is 17.8 Å². The molecular formula is C12H22N6O. The van der Waals surface area contributed by atoms with Crippen molar-refractivity contribution in [1.82, 2.24) is 15.0 Å². The third-order valence-corrected chi connectivity index (χ3v) is 3.57. The average molecular weight is 266 g/mol. The third-order valence-electron chi connectivity index (χ3n) is 3.57. The lowest BCUT2D eigenvalue weighted by molar-refractivity contribution is 0.218. The summed E-state index contributed by atoms with van der Waals surface area (Å²) < 4.78 is 0. The van der Waals surface area contributed by atoms with Gasteiger partial charge in [0.05, 0.1) is 12.1 Å². The first-order valence-electron chi connectivity index (χ1n) is 6.72. The molecule has 0 saturated carbocycles. The van der Waals surface area contributed by atoms with E-state index >= 15 is 0 Å². The fourth-order valence-corrected chi connectivity index (χ4v) is 2.00. The van der Waals surface area contributed by atoms with Gasteiger partial charge in [0, 0.05) is 13.1 Å². The van der Waals surface area contributed by atoms with E-state index in [-0.39, 0.29) is 12.6 Å². The number of hydrogen-bond donors (Lipinski definition) is 3. The molecule has 1 atom stereocenters. The van der Waals surface area contributed by atoms with E-state index in [2.05, 4.69) is 25.2 Å². The van der Waals surface area contributed by atoms with Crippen LogP contribution in [0.4, 0.5) is 17.8 Å². The lowest BCUT2D eigenvalue weighted by Crippen LogP contribution is -2.39. The Balaban J connectivity index is 2.21. The Morgan fingerprint density at radius 2 is 2.00 bits per heavy atom. The molecule has 0 spiro atoms. The molecule has 7 heteroatoms. The fraction of sp³-hybridized carbons (Fsp3) is 0.750. The summed E-state index contributed by atoms with van der Waals surface area (Å²) in [6.45, 7) is 5.83. The van der Waals surface area contributed by atoms with E-state index in [4.69, 9.17) is 5.73 Å². The van der Waals surface area contributed by atoms with E-state index in [9.17, 15) is 5.11 Å². The summed E-state index contributed by atoms with van der Waals surface area (Å²) in [4.78, 5) is 14.8. The SMILES string of the molecule is CCC(C)(CO)Nc1nc(N)nc(N2CCCC2)n1. The van der Waals surface area contributed by atoms with Crippen LogP contribution in [0.1, 0.15) is 33.1 Å². The van der Waals surface area contributed by atoms with Crippen LogP contribution in [0.25, 0.3) is 0 Å². The molecule has 1 aromatic heterocycles. The van der Waals surface area contributed by atoms with Gasteiger partial charge in [0.25, 0.3) is 0 Å². The summed E-state index contributed by atoms with van der Waals surface area (Å²) >= 11 is 0. The van der Waals surface area contributed by atoms with Crippen molar-refractivity contribution in [2.45, 2.75) is 38.6 Å². The lowest BCUT2D eigenvalue weighted by atomic mass is 10.0. The minimum absolute atomic E-state index is 0.00807. The maximum Gasteiger partial charge on any atom is 0.231 e. The molecule has 1 aromatic rings. The Morgan fingerprint density at radius 1 is 1.32 bits per heavy atom. The largest absolute Gasteiger partial charge is 0.394 e. The first kappa shape index (κ1) is 13.8. The molecule has 0 amide bonds. The minimum atomic E-state index is -0.448. The van der Waals surface area contributed by atoms with Crippen molar-refractivity contribution in [2.24, 2.45) is 0 Å². The predicted molar refractivity (Wildman–Crippen MR) is 75.1 cm³/mol. The highest BCUT2D eigenvalue weighted by atomic mass is 16.3. The second-order valence-corrected chi connectivity index (χ2v) is 5.21. The lowest BCUT2D eigenvalue weighted by Gasteiger charge is -2.27. The van der Waals surface area contributed by atoms with Crippen molar-refractivity contribution in [2.75, 3.05) is 35.6 Å². The normalized spacial score (nSPS) is 18.4. The van der Waals surface area contributed by atoms with Crippen LogP contribution >= 0.6 is 0 Å². The number of hydrogen-bond acceptors (Lipinski definition) is 7. The number of rotatable bonds is 5. The second-order valence-electron chi connectivity index (χ2n) is 5.21. The van der Waals surface area contributed by atoms with Crippen LogP contribution in [0.3, 0.4) is 0 Å². The molecule has 1 saturated heterocycles. The quantitative estimate of drug-likeness (QED) is 0.718. The van der Waals surface area contributed by atoms with Gasteiger partial charge in [0.1, 0.15) is 0 Å². The van der Waals surface area contributed by atoms with Gasteiger partial charge >= 0.3 is 0 Å². The highest BCUT2D eigenvalue weighted by Crippen LogP contribution is 2.20. The minimum Gasteiger partial charge on any atom is -0.394 e. The Morgan fingerprint density at radius 3 is 2.58 bits per heavy atom. The van der Waals surface area contributed by atoms with Gasteiger partial charge in [-0.15, -0.1) is 0 Å². The first-order valence-corrected chi connectivity index (χ1v) is 6.72. The molecule has 1 aliphatic heterocycles. The van der Waals surface area contributed by atoms with Crippen LogP contribution in [0.2, 0.25) is 0 Å². The molecule has 4 N–H and O–H groups in total. The second kappa shape index (κ2) is 5.56. The summed E-state index contributed by atoms with van der Waals surface area (Å²) in [7, 11) is 0. The molecule has 0 bridgehead atoms. The van der Waals surface area contributed by atoms with Gasteiger partial charge < -0.3 is 21.1 Å². The molecule has 1 unspecified atom stereocenters. The topological polar surface area (TPSA) is 100 Å². The summed E-state index contributed by atoms with van der Waals surface area (Å²) in [5, 5.41) is 12.6. The van der Waals surface area contributed by atoms with Crippen molar-refractivity contribution in [3.05, 3.63) is 0 Å². The summed E-state index contributed by atoms with van der Waals surface area (Å²) in [6, 6.07) is 0. The van der Waals surface area contributed by atoms with E-state index < -0.39 is 5.54 Å². The third kappa shape index (κ3) is 3.23. The Bertz CT molecular complexity index is 428. The van der Waals surface area contributed by atoms with Gasteiger partial charge in [-0.3, -0.25) is 0 Å². The van der Waals surface area contributed by atoms with Crippen LogP contribution in [-0.2, 0) is 0 Å². The van der Waals surface area contributed by atoms with Crippen molar-refractivity contribution < 1.29 is 5.11 Å². The Labute approximate surface area is 113 Å². The van der Waals surface area contributed by atoms with E-state index in [1.807, 2.05) is 13.8 Å². The molecule has 1 aliphatic rings. The molecule has 1 fully saturated rings.